The Hall–Kier alpha value is -1.66. The van der Waals surface area contributed by atoms with Gasteiger partial charge in [0.2, 0.25) is 0 Å². The number of carbonyl (C=O) groups is 1. The quantitative estimate of drug-likeness (QED) is 0.882. The second-order valence-electron chi connectivity index (χ2n) is 4.03. The van der Waals surface area contributed by atoms with Gasteiger partial charge >= 0.3 is 12.2 Å². The van der Waals surface area contributed by atoms with Crippen molar-refractivity contribution in [3.05, 3.63) is 23.2 Å². The molecule has 18 heavy (non-hydrogen) atoms. The summed E-state index contributed by atoms with van der Waals surface area (Å²) in [6.07, 6.45) is -4.41. The van der Waals surface area contributed by atoms with Gasteiger partial charge in [0, 0.05) is 5.56 Å². The first-order valence-corrected chi connectivity index (χ1v) is 5.37. The number of hydrogen-bond acceptors (Lipinski definition) is 2. The highest BCUT2D eigenvalue weighted by molar-refractivity contribution is 5.74. The summed E-state index contributed by atoms with van der Waals surface area (Å²) < 4.78 is 40.9. The van der Waals surface area contributed by atoms with E-state index >= 15 is 0 Å². The van der Waals surface area contributed by atoms with Crippen LogP contribution in [0.1, 0.15) is 30.0 Å². The molecule has 0 fully saturated rings. The highest BCUT2D eigenvalue weighted by Gasteiger charge is 2.28. The van der Waals surface area contributed by atoms with E-state index in [0.717, 1.165) is 5.56 Å². The molecular formula is C11H15F3N2O2. The summed E-state index contributed by atoms with van der Waals surface area (Å²) in [5.41, 5.74) is 0.745. The van der Waals surface area contributed by atoms with Gasteiger partial charge in [0.25, 0.3) is 0 Å². The van der Waals surface area contributed by atoms with Crippen molar-refractivity contribution < 1.29 is 22.4 Å². The van der Waals surface area contributed by atoms with Gasteiger partial charge in [-0.2, -0.15) is 13.2 Å². The Balaban J connectivity index is 2.52. The van der Waals surface area contributed by atoms with Gasteiger partial charge < -0.3 is 15.1 Å². The number of halogens is 3. The van der Waals surface area contributed by atoms with Gasteiger partial charge in [-0.15, -0.1) is 0 Å². The van der Waals surface area contributed by atoms with E-state index in [1.807, 2.05) is 0 Å². The number of nitrogens with one attached hydrogen (secondary N) is 2. The molecule has 1 rings (SSSR count). The van der Waals surface area contributed by atoms with Crippen molar-refractivity contribution in [2.45, 2.75) is 33.0 Å². The van der Waals surface area contributed by atoms with Crippen LogP contribution in [0.2, 0.25) is 0 Å². The zero-order valence-electron chi connectivity index (χ0n) is 10.3. The maximum atomic E-state index is 11.9. The molecule has 1 aromatic rings. The molecule has 102 valence electrons. The lowest BCUT2D eigenvalue weighted by molar-refractivity contribution is -0.122. The van der Waals surface area contributed by atoms with Crippen molar-refractivity contribution in [3.63, 3.8) is 0 Å². The third-order valence-corrected chi connectivity index (χ3v) is 2.34. The second-order valence-corrected chi connectivity index (χ2v) is 4.03. The van der Waals surface area contributed by atoms with Crippen molar-refractivity contribution >= 4 is 6.03 Å². The van der Waals surface area contributed by atoms with Crippen molar-refractivity contribution in [1.29, 1.82) is 0 Å². The van der Waals surface area contributed by atoms with Crippen LogP contribution in [0, 0.1) is 13.8 Å². The van der Waals surface area contributed by atoms with E-state index in [9.17, 15) is 18.0 Å². The van der Waals surface area contributed by atoms with Crippen LogP contribution in [-0.4, -0.2) is 18.8 Å². The molecule has 2 amide bonds. The fraction of sp³-hybridized carbons (Fsp3) is 0.545. The smallest absolute Gasteiger partial charge is 0.405 e. The number of carbonyl (C=O) groups excluding carboxylic acids is 1. The molecule has 0 spiro atoms. The van der Waals surface area contributed by atoms with Crippen LogP contribution in [0.25, 0.3) is 0 Å². The third kappa shape index (κ3) is 4.31. The van der Waals surface area contributed by atoms with Crippen LogP contribution in [0.4, 0.5) is 18.0 Å². The Morgan fingerprint density at radius 3 is 2.50 bits per heavy atom. The van der Waals surface area contributed by atoms with Gasteiger partial charge in [0.15, 0.2) is 0 Å². The Morgan fingerprint density at radius 1 is 1.44 bits per heavy atom. The zero-order valence-corrected chi connectivity index (χ0v) is 10.3. The van der Waals surface area contributed by atoms with Crippen molar-refractivity contribution in [1.82, 2.24) is 10.6 Å². The summed E-state index contributed by atoms with van der Waals surface area (Å²) in [4.78, 5) is 11.2. The Labute approximate surface area is 103 Å². The van der Waals surface area contributed by atoms with Crippen LogP contribution in [0.5, 0.6) is 0 Å². The van der Waals surface area contributed by atoms with Crippen LogP contribution >= 0.6 is 0 Å². The molecule has 0 aliphatic rings. The number of alkyl halides is 3. The average Bonchev–Trinajstić information content (AvgIpc) is 2.54. The highest BCUT2D eigenvalue weighted by Crippen LogP contribution is 2.21. The average molecular weight is 264 g/mol. The summed E-state index contributed by atoms with van der Waals surface area (Å²) in [7, 11) is 0. The minimum Gasteiger partial charge on any atom is -0.466 e. The van der Waals surface area contributed by atoms with Gasteiger partial charge in [-0.3, -0.25) is 0 Å². The largest absolute Gasteiger partial charge is 0.466 e. The SMILES string of the molecule is Cc1cc(C(C)NC(=O)NCC(F)(F)F)c(C)o1. The molecule has 1 heterocycles. The van der Waals surface area contributed by atoms with Gasteiger partial charge in [-0.05, 0) is 26.8 Å². The molecule has 0 aliphatic carbocycles. The summed E-state index contributed by atoms with van der Waals surface area (Å²) in [6, 6.07) is 0.457. The Kier molecular flexibility index (Phi) is 4.26. The first-order chi connectivity index (χ1) is 8.19. The minimum atomic E-state index is -4.41. The second kappa shape index (κ2) is 5.32. The van der Waals surface area contributed by atoms with E-state index in [2.05, 4.69) is 5.32 Å². The van der Waals surface area contributed by atoms with E-state index in [-0.39, 0.29) is 0 Å². The van der Waals surface area contributed by atoms with Crippen molar-refractivity contribution in [3.8, 4) is 0 Å². The first kappa shape index (κ1) is 14.4. The number of urea groups is 1. The Morgan fingerprint density at radius 2 is 2.06 bits per heavy atom. The molecule has 1 unspecified atom stereocenters. The molecule has 0 saturated heterocycles. The van der Waals surface area contributed by atoms with Crippen LogP contribution in [0.3, 0.4) is 0 Å². The third-order valence-electron chi connectivity index (χ3n) is 2.34. The predicted octanol–water partition coefficient (Wildman–Crippen LogP) is 2.82. The molecule has 0 saturated carbocycles. The van der Waals surface area contributed by atoms with Crippen molar-refractivity contribution in [2.75, 3.05) is 6.54 Å². The van der Waals surface area contributed by atoms with E-state index in [4.69, 9.17) is 4.42 Å². The molecule has 7 heteroatoms. The number of hydrogen-bond donors (Lipinski definition) is 2. The molecule has 4 nitrogen and oxygen atoms in total. The summed E-state index contributed by atoms with van der Waals surface area (Å²) in [5.74, 6) is 1.32. The lowest BCUT2D eigenvalue weighted by Gasteiger charge is -2.14. The monoisotopic (exact) mass is 264 g/mol. The summed E-state index contributed by atoms with van der Waals surface area (Å²) in [5, 5.41) is 4.16. The molecule has 0 aliphatic heterocycles. The van der Waals surface area contributed by atoms with Crippen LogP contribution < -0.4 is 10.6 Å². The molecule has 1 aromatic heterocycles. The van der Waals surface area contributed by atoms with Gasteiger partial charge in [0.1, 0.15) is 18.1 Å². The fourth-order valence-corrected chi connectivity index (χ4v) is 1.59. The highest BCUT2D eigenvalue weighted by atomic mass is 19.4. The van der Waals surface area contributed by atoms with E-state index in [0.29, 0.717) is 11.5 Å². The molecule has 1 atom stereocenters. The molecule has 0 radical (unpaired) electrons. The molecule has 0 aromatic carbocycles. The van der Waals surface area contributed by atoms with E-state index in [1.165, 1.54) is 0 Å². The van der Waals surface area contributed by atoms with E-state index < -0.39 is 24.8 Å². The van der Waals surface area contributed by atoms with Gasteiger partial charge in [0.05, 0.1) is 6.04 Å². The van der Waals surface area contributed by atoms with Gasteiger partial charge in [-0.1, -0.05) is 0 Å². The number of aryl methyl sites for hydroxylation is 2. The standard InChI is InChI=1S/C11H15F3N2O2/c1-6-4-9(8(3)18-6)7(2)16-10(17)15-5-11(12,13)14/h4,7H,5H2,1-3H3,(H2,15,16,17). The van der Waals surface area contributed by atoms with E-state index in [1.54, 1.807) is 32.2 Å². The normalized spacial score (nSPS) is 13.2. The van der Waals surface area contributed by atoms with Gasteiger partial charge in [-0.25, -0.2) is 4.79 Å². The lowest BCUT2D eigenvalue weighted by Crippen LogP contribution is -2.41. The van der Waals surface area contributed by atoms with Crippen molar-refractivity contribution in [2.24, 2.45) is 0 Å². The number of rotatable bonds is 3. The van der Waals surface area contributed by atoms with Crippen LogP contribution in [0.15, 0.2) is 10.5 Å². The lowest BCUT2D eigenvalue weighted by atomic mass is 10.1. The first-order valence-electron chi connectivity index (χ1n) is 5.37. The zero-order chi connectivity index (χ0) is 13.9. The molecular weight excluding hydrogens is 249 g/mol. The Bertz CT molecular complexity index is 426. The maximum absolute atomic E-state index is 11.9. The molecule has 2 N–H and O–H groups in total. The number of furan rings is 1. The maximum Gasteiger partial charge on any atom is 0.405 e. The number of amides is 2. The van der Waals surface area contributed by atoms with Crippen LogP contribution in [-0.2, 0) is 0 Å². The minimum absolute atomic E-state index is 0.421. The fourth-order valence-electron chi connectivity index (χ4n) is 1.59. The summed E-state index contributed by atoms with van der Waals surface area (Å²) in [6.45, 7) is 3.81. The topological polar surface area (TPSA) is 54.3 Å². The summed E-state index contributed by atoms with van der Waals surface area (Å²) >= 11 is 0. The molecule has 0 bridgehead atoms. The predicted molar refractivity (Wildman–Crippen MR) is 59.2 cm³/mol.